The summed E-state index contributed by atoms with van der Waals surface area (Å²) in [5.41, 5.74) is 5.48. The molecule has 30 heavy (non-hydrogen) atoms. The third-order valence-electron chi connectivity index (χ3n) is 7.14. The van der Waals surface area contributed by atoms with E-state index in [1.807, 2.05) is 6.20 Å². The molecule has 2 saturated heterocycles. The van der Waals surface area contributed by atoms with Crippen LogP contribution in [0.2, 0.25) is 0 Å². The predicted octanol–water partition coefficient (Wildman–Crippen LogP) is 3.00. The van der Waals surface area contributed by atoms with Crippen LogP contribution in [0.3, 0.4) is 0 Å². The topological polar surface area (TPSA) is 69.2 Å². The summed E-state index contributed by atoms with van der Waals surface area (Å²) >= 11 is 0. The molecule has 0 aromatic carbocycles. The Balaban J connectivity index is 1.29. The maximum atomic E-state index is 13.3. The minimum Gasteiger partial charge on any atom is -0.383 e. The van der Waals surface area contributed by atoms with Crippen molar-refractivity contribution in [3.8, 4) is 11.3 Å². The van der Waals surface area contributed by atoms with Gasteiger partial charge >= 0.3 is 6.18 Å². The second kappa shape index (κ2) is 6.43. The summed E-state index contributed by atoms with van der Waals surface area (Å²) in [6.45, 7) is 4.69. The Labute approximate surface area is 172 Å². The number of pyridine rings is 1. The first kappa shape index (κ1) is 18.6. The molecular formula is C21H24F3N5O. The van der Waals surface area contributed by atoms with Crippen molar-refractivity contribution in [1.82, 2.24) is 19.4 Å². The van der Waals surface area contributed by atoms with Crippen LogP contribution in [0.5, 0.6) is 0 Å². The number of nitrogens with zero attached hydrogens (tertiary/aromatic N) is 4. The summed E-state index contributed by atoms with van der Waals surface area (Å²) in [7, 11) is 0. The lowest BCUT2D eigenvalue weighted by molar-refractivity contribution is -0.137. The lowest BCUT2D eigenvalue weighted by Crippen LogP contribution is -2.48. The normalized spacial score (nSPS) is 29.1. The fourth-order valence-corrected chi connectivity index (χ4v) is 5.08. The molecule has 0 bridgehead atoms. The minimum absolute atomic E-state index is 0.367. The van der Waals surface area contributed by atoms with Crippen LogP contribution < -0.4 is 5.73 Å². The smallest absolute Gasteiger partial charge is 0.383 e. The van der Waals surface area contributed by atoms with Crippen LogP contribution in [0, 0.1) is 17.8 Å². The van der Waals surface area contributed by atoms with Crippen LogP contribution in [0.15, 0.2) is 18.5 Å². The van der Waals surface area contributed by atoms with Gasteiger partial charge in [-0.3, -0.25) is 4.90 Å². The molecule has 0 spiro atoms. The number of piperidine rings is 1. The van der Waals surface area contributed by atoms with E-state index in [-0.39, 0.29) is 0 Å². The molecule has 0 radical (unpaired) electrons. The molecule has 2 aromatic heterocycles. The third-order valence-corrected chi connectivity index (χ3v) is 7.14. The van der Waals surface area contributed by atoms with Crippen molar-refractivity contribution in [3.63, 3.8) is 0 Å². The number of nitrogen functional groups attached to an aromatic ring is 1. The van der Waals surface area contributed by atoms with Crippen molar-refractivity contribution in [2.24, 2.45) is 17.8 Å². The molecule has 2 saturated carbocycles. The number of aromatic nitrogens is 3. The van der Waals surface area contributed by atoms with Crippen molar-refractivity contribution in [1.29, 1.82) is 0 Å². The minimum atomic E-state index is -4.53. The van der Waals surface area contributed by atoms with E-state index in [0.29, 0.717) is 41.0 Å². The van der Waals surface area contributed by atoms with Crippen LogP contribution in [0.25, 0.3) is 11.3 Å². The molecular weight excluding hydrogens is 395 g/mol. The number of hydrogen-bond donors (Lipinski definition) is 1. The zero-order valence-electron chi connectivity index (χ0n) is 16.5. The Kier molecular flexibility index (Phi) is 3.99. The standard InChI is InChI=1S/C21H24F3N5O/c22-21(23,24)16-3-12(4-26-19(16)25)17-8-29(5-11-1-2-11)20(27-17)18-14-6-28(7-15(14)18)13-9-30-10-13/h3-4,8,11,13-15,18H,1-2,5-7,9-10H2,(H2,25,26)/t14-,15+,18-. The fraction of sp³-hybridized carbons (Fsp3) is 0.619. The molecule has 2 aliphatic carbocycles. The molecule has 2 aromatic rings. The third kappa shape index (κ3) is 3.10. The molecule has 4 fully saturated rings. The number of halogens is 3. The molecule has 0 amide bonds. The second-order valence-corrected chi connectivity index (χ2v) is 9.23. The van der Waals surface area contributed by atoms with Gasteiger partial charge in [0.25, 0.3) is 0 Å². The van der Waals surface area contributed by atoms with Crippen molar-refractivity contribution in [3.05, 3.63) is 29.8 Å². The van der Waals surface area contributed by atoms with Gasteiger partial charge < -0.3 is 15.0 Å². The molecule has 6 rings (SSSR count). The molecule has 2 N–H and O–H groups in total. The van der Waals surface area contributed by atoms with Crippen molar-refractivity contribution < 1.29 is 17.9 Å². The van der Waals surface area contributed by atoms with Crippen LogP contribution in [0.4, 0.5) is 19.0 Å². The van der Waals surface area contributed by atoms with Gasteiger partial charge in [-0.25, -0.2) is 9.97 Å². The number of ether oxygens (including phenoxy) is 1. The van der Waals surface area contributed by atoms with E-state index < -0.39 is 17.6 Å². The Morgan fingerprint density at radius 1 is 1.17 bits per heavy atom. The highest BCUT2D eigenvalue weighted by Gasteiger charge is 2.59. The van der Waals surface area contributed by atoms with Gasteiger partial charge in [0, 0.05) is 43.5 Å². The van der Waals surface area contributed by atoms with E-state index in [2.05, 4.69) is 14.5 Å². The Morgan fingerprint density at radius 3 is 2.50 bits per heavy atom. The maximum absolute atomic E-state index is 13.3. The SMILES string of the molecule is Nc1ncc(-c2cn(CC3CC3)c([C@@H]3[C@@H]4CN(C5COC5)C[C@@H]43)n2)cc1C(F)(F)F. The largest absolute Gasteiger partial charge is 0.419 e. The van der Waals surface area contributed by atoms with E-state index in [1.54, 1.807) is 0 Å². The fourth-order valence-electron chi connectivity index (χ4n) is 5.08. The number of anilines is 1. The van der Waals surface area contributed by atoms with Gasteiger partial charge in [-0.15, -0.1) is 0 Å². The summed E-state index contributed by atoms with van der Waals surface area (Å²) in [6.07, 6.45) is 1.19. The van der Waals surface area contributed by atoms with E-state index in [1.165, 1.54) is 19.0 Å². The van der Waals surface area contributed by atoms with E-state index >= 15 is 0 Å². The van der Waals surface area contributed by atoms with Crippen LogP contribution in [-0.4, -0.2) is 51.8 Å². The second-order valence-electron chi connectivity index (χ2n) is 9.23. The van der Waals surface area contributed by atoms with Crippen molar-refractivity contribution in [2.45, 2.75) is 37.5 Å². The molecule has 3 atom stereocenters. The summed E-state index contributed by atoms with van der Waals surface area (Å²) in [5.74, 6) is 2.77. The van der Waals surface area contributed by atoms with Gasteiger partial charge in [-0.1, -0.05) is 0 Å². The molecule has 2 aliphatic heterocycles. The van der Waals surface area contributed by atoms with Crippen LogP contribution in [-0.2, 0) is 17.5 Å². The molecule has 4 heterocycles. The number of alkyl halides is 3. The van der Waals surface area contributed by atoms with E-state index in [9.17, 15) is 13.2 Å². The van der Waals surface area contributed by atoms with Crippen molar-refractivity contribution in [2.75, 3.05) is 32.0 Å². The number of imidazole rings is 1. The Morgan fingerprint density at radius 2 is 1.90 bits per heavy atom. The molecule has 6 nitrogen and oxygen atoms in total. The average molecular weight is 419 g/mol. The van der Waals surface area contributed by atoms with Gasteiger partial charge in [-0.2, -0.15) is 13.2 Å². The average Bonchev–Trinajstić information content (AvgIpc) is 3.48. The number of rotatable bonds is 5. The van der Waals surface area contributed by atoms with Gasteiger partial charge in [0.1, 0.15) is 11.6 Å². The van der Waals surface area contributed by atoms with E-state index in [4.69, 9.17) is 15.5 Å². The molecule has 4 aliphatic rings. The highest BCUT2D eigenvalue weighted by Crippen LogP contribution is 2.58. The first-order chi connectivity index (χ1) is 14.4. The number of hydrogen-bond acceptors (Lipinski definition) is 5. The van der Waals surface area contributed by atoms with Gasteiger partial charge in [0.15, 0.2) is 0 Å². The number of nitrogens with two attached hydrogens (primary N) is 1. The summed E-state index contributed by atoms with van der Waals surface area (Å²) < 4.78 is 47.4. The van der Waals surface area contributed by atoms with Gasteiger partial charge in [0.05, 0.1) is 30.5 Å². The number of fused-ring (bicyclic) bond motifs is 1. The molecule has 9 heteroatoms. The lowest BCUT2D eigenvalue weighted by Gasteiger charge is -2.35. The van der Waals surface area contributed by atoms with Gasteiger partial charge in [0.2, 0.25) is 0 Å². The van der Waals surface area contributed by atoms with E-state index in [0.717, 1.165) is 44.7 Å². The predicted molar refractivity (Wildman–Crippen MR) is 103 cm³/mol. The Hall–Kier alpha value is -2.13. The zero-order valence-corrected chi connectivity index (χ0v) is 16.5. The monoisotopic (exact) mass is 419 g/mol. The quantitative estimate of drug-likeness (QED) is 0.807. The highest BCUT2D eigenvalue weighted by molar-refractivity contribution is 5.62. The Bertz CT molecular complexity index is 970. The van der Waals surface area contributed by atoms with Crippen LogP contribution >= 0.6 is 0 Å². The highest BCUT2D eigenvalue weighted by atomic mass is 19.4. The zero-order chi connectivity index (χ0) is 20.6. The summed E-state index contributed by atoms with van der Waals surface area (Å²) in [5, 5.41) is 0. The van der Waals surface area contributed by atoms with Crippen molar-refractivity contribution >= 4 is 5.82 Å². The molecule has 0 unspecified atom stereocenters. The first-order valence-electron chi connectivity index (χ1n) is 10.6. The molecule has 160 valence electrons. The summed E-state index contributed by atoms with van der Waals surface area (Å²) in [4.78, 5) is 11.1. The number of likely N-dealkylation sites (tertiary alicyclic amines) is 1. The lowest BCUT2D eigenvalue weighted by atomic mass is 10.1. The first-order valence-corrected chi connectivity index (χ1v) is 10.6. The van der Waals surface area contributed by atoms with Gasteiger partial charge in [-0.05, 0) is 36.7 Å². The van der Waals surface area contributed by atoms with Crippen LogP contribution in [0.1, 0.15) is 30.1 Å². The summed E-state index contributed by atoms with van der Waals surface area (Å²) in [6, 6.07) is 1.63. The maximum Gasteiger partial charge on any atom is 0.419 e.